The molecular weight excluding hydrogens is 282 g/mol. The molecule has 0 atom stereocenters. The molecule has 96 valence electrons. The monoisotopic (exact) mass is 291 g/mol. The van der Waals surface area contributed by atoms with Gasteiger partial charge in [0, 0.05) is 27.9 Å². The highest BCUT2D eigenvalue weighted by molar-refractivity contribution is 7.15. The summed E-state index contributed by atoms with van der Waals surface area (Å²) in [7, 11) is 0. The Bertz CT molecular complexity index is 745. The summed E-state index contributed by atoms with van der Waals surface area (Å²) in [6.07, 6.45) is 2.13. The van der Waals surface area contributed by atoms with Crippen molar-refractivity contribution in [3.8, 4) is 11.3 Å². The van der Waals surface area contributed by atoms with Crippen LogP contribution in [0.1, 0.15) is 5.69 Å². The summed E-state index contributed by atoms with van der Waals surface area (Å²) in [6, 6.07) is 7.49. The van der Waals surface area contributed by atoms with Crippen LogP contribution < -0.4 is 5.73 Å². The number of carbonyl (C=O) groups excluding carboxylic acids is 1. The molecule has 0 bridgehead atoms. The lowest BCUT2D eigenvalue weighted by Gasteiger charge is -1.96. The standard InChI is InChI=1S/C13H10ClN3OS/c14-9-3-1-8(2-4-9)11-6-17-10(5-12(15)18)7-19-13(17)16-11/h1-4,6-7H,5H2,(H2,15,18). The average molecular weight is 292 g/mol. The molecule has 0 aliphatic carbocycles. The zero-order valence-electron chi connectivity index (χ0n) is 9.84. The zero-order valence-corrected chi connectivity index (χ0v) is 11.4. The van der Waals surface area contributed by atoms with Crippen molar-refractivity contribution in [3.63, 3.8) is 0 Å². The van der Waals surface area contributed by atoms with Crippen molar-refractivity contribution >= 4 is 33.8 Å². The Morgan fingerprint density at radius 3 is 2.79 bits per heavy atom. The Morgan fingerprint density at radius 2 is 2.11 bits per heavy atom. The number of fused-ring (bicyclic) bond motifs is 1. The quantitative estimate of drug-likeness (QED) is 0.806. The van der Waals surface area contributed by atoms with E-state index in [1.807, 2.05) is 40.2 Å². The fourth-order valence-corrected chi connectivity index (χ4v) is 2.89. The third-order valence-electron chi connectivity index (χ3n) is 2.78. The fourth-order valence-electron chi connectivity index (χ4n) is 1.89. The first kappa shape index (κ1) is 12.2. The minimum atomic E-state index is -0.346. The first-order chi connectivity index (χ1) is 9.13. The van der Waals surface area contributed by atoms with E-state index in [1.165, 1.54) is 11.3 Å². The molecule has 0 aliphatic heterocycles. The van der Waals surface area contributed by atoms with Gasteiger partial charge in [-0.2, -0.15) is 0 Å². The molecule has 0 unspecified atom stereocenters. The minimum absolute atomic E-state index is 0.219. The Hall–Kier alpha value is -1.85. The van der Waals surface area contributed by atoms with E-state index >= 15 is 0 Å². The summed E-state index contributed by atoms with van der Waals surface area (Å²) >= 11 is 7.36. The van der Waals surface area contributed by atoms with Gasteiger partial charge in [0.15, 0.2) is 4.96 Å². The van der Waals surface area contributed by atoms with E-state index in [0.717, 1.165) is 21.9 Å². The molecule has 0 saturated carbocycles. The Labute approximate surface area is 118 Å². The zero-order chi connectivity index (χ0) is 13.4. The predicted octanol–water partition coefficient (Wildman–Crippen LogP) is 2.74. The number of nitrogens with two attached hydrogens (primary N) is 1. The van der Waals surface area contributed by atoms with Gasteiger partial charge in [-0.3, -0.25) is 9.20 Å². The van der Waals surface area contributed by atoms with Gasteiger partial charge in [-0.25, -0.2) is 4.98 Å². The number of primary amides is 1. The van der Waals surface area contributed by atoms with Gasteiger partial charge >= 0.3 is 0 Å². The van der Waals surface area contributed by atoms with E-state index in [4.69, 9.17) is 17.3 Å². The van der Waals surface area contributed by atoms with Crippen molar-refractivity contribution in [1.29, 1.82) is 0 Å². The maximum atomic E-state index is 11.0. The second-order valence-corrected chi connectivity index (χ2v) is 5.43. The third kappa shape index (κ3) is 2.34. The number of halogens is 1. The summed E-state index contributed by atoms with van der Waals surface area (Å²) in [6.45, 7) is 0. The van der Waals surface area contributed by atoms with Crippen LogP contribution in [0.15, 0.2) is 35.8 Å². The van der Waals surface area contributed by atoms with Crippen molar-refractivity contribution in [2.45, 2.75) is 6.42 Å². The van der Waals surface area contributed by atoms with Gasteiger partial charge in [0.1, 0.15) is 0 Å². The van der Waals surface area contributed by atoms with Crippen molar-refractivity contribution in [1.82, 2.24) is 9.38 Å². The normalized spacial score (nSPS) is 11.0. The molecule has 2 heterocycles. The molecular formula is C13H10ClN3OS. The number of hydrogen-bond donors (Lipinski definition) is 1. The number of nitrogens with zero attached hydrogens (tertiary/aromatic N) is 2. The molecule has 6 heteroatoms. The number of aromatic nitrogens is 2. The molecule has 3 aromatic rings. The van der Waals surface area contributed by atoms with Gasteiger partial charge in [0.25, 0.3) is 0 Å². The average Bonchev–Trinajstić information content (AvgIpc) is 2.92. The maximum absolute atomic E-state index is 11.0. The van der Waals surface area contributed by atoms with Crippen LogP contribution in [-0.2, 0) is 11.2 Å². The topological polar surface area (TPSA) is 60.4 Å². The number of carbonyl (C=O) groups is 1. The Kier molecular flexibility index (Phi) is 3.00. The van der Waals surface area contributed by atoms with Crippen LogP contribution in [0.5, 0.6) is 0 Å². The van der Waals surface area contributed by atoms with Gasteiger partial charge in [-0.1, -0.05) is 23.7 Å². The number of hydrogen-bond acceptors (Lipinski definition) is 3. The molecule has 0 saturated heterocycles. The van der Waals surface area contributed by atoms with Crippen LogP contribution in [0, 0.1) is 0 Å². The van der Waals surface area contributed by atoms with Crippen molar-refractivity contribution < 1.29 is 4.79 Å². The van der Waals surface area contributed by atoms with Crippen LogP contribution in [0.2, 0.25) is 5.02 Å². The molecule has 0 radical (unpaired) electrons. The van der Waals surface area contributed by atoms with E-state index in [9.17, 15) is 4.79 Å². The molecule has 19 heavy (non-hydrogen) atoms. The largest absolute Gasteiger partial charge is 0.369 e. The van der Waals surface area contributed by atoms with E-state index < -0.39 is 0 Å². The number of benzene rings is 1. The smallest absolute Gasteiger partial charge is 0.223 e. The molecule has 3 rings (SSSR count). The van der Waals surface area contributed by atoms with Crippen LogP contribution in [0.3, 0.4) is 0 Å². The number of imidazole rings is 1. The summed E-state index contributed by atoms with van der Waals surface area (Å²) < 4.78 is 1.90. The first-order valence-electron chi connectivity index (χ1n) is 5.63. The second kappa shape index (κ2) is 4.68. The van der Waals surface area contributed by atoms with E-state index in [-0.39, 0.29) is 12.3 Å². The second-order valence-electron chi connectivity index (χ2n) is 4.16. The third-order valence-corrected chi connectivity index (χ3v) is 3.92. The molecule has 0 spiro atoms. The highest BCUT2D eigenvalue weighted by atomic mass is 35.5. The lowest BCUT2D eigenvalue weighted by Crippen LogP contribution is -2.14. The highest BCUT2D eigenvalue weighted by Gasteiger charge is 2.10. The van der Waals surface area contributed by atoms with Crippen molar-refractivity contribution in [2.24, 2.45) is 5.73 Å². The SMILES string of the molecule is NC(=O)Cc1csc2nc(-c3ccc(Cl)cc3)cn12. The lowest BCUT2D eigenvalue weighted by molar-refractivity contribution is -0.117. The predicted molar refractivity (Wildman–Crippen MR) is 76.4 cm³/mol. The molecule has 1 amide bonds. The molecule has 2 aromatic heterocycles. The van der Waals surface area contributed by atoms with Crippen LogP contribution >= 0.6 is 22.9 Å². The molecule has 0 fully saturated rings. The molecule has 2 N–H and O–H groups in total. The first-order valence-corrected chi connectivity index (χ1v) is 6.89. The Balaban J connectivity index is 2.04. The lowest BCUT2D eigenvalue weighted by atomic mass is 10.2. The summed E-state index contributed by atoms with van der Waals surface area (Å²) in [4.78, 5) is 16.4. The summed E-state index contributed by atoms with van der Waals surface area (Å²) in [5, 5.41) is 2.60. The Morgan fingerprint density at radius 1 is 1.37 bits per heavy atom. The number of thiazole rings is 1. The fraction of sp³-hybridized carbons (Fsp3) is 0.0769. The van der Waals surface area contributed by atoms with Crippen molar-refractivity contribution in [2.75, 3.05) is 0 Å². The van der Waals surface area contributed by atoms with Gasteiger partial charge in [-0.05, 0) is 12.1 Å². The maximum Gasteiger partial charge on any atom is 0.223 e. The van der Waals surface area contributed by atoms with Gasteiger partial charge in [0.05, 0.1) is 12.1 Å². The van der Waals surface area contributed by atoms with Crippen LogP contribution in [0.4, 0.5) is 0 Å². The van der Waals surface area contributed by atoms with E-state index in [1.54, 1.807) is 0 Å². The highest BCUT2D eigenvalue weighted by Crippen LogP contribution is 2.24. The molecule has 4 nitrogen and oxygen atoms in total. The molecule has 1 aromatic carbocycles. The molecule has 0 aliphatic rings. The van der Waals surface area contributed by atoms with Gasteiger partial charge in [-0.15, -0.1) is 11.3 Å². The summed E-state index contributed by atoms with van der Waals surface area (Å²) in [5.41, 5.74) is 7.93. The van der Waals surface area contributed by atoms with E-state index in [0.29, 0.717) is 5.02 Å². The number of rotatable bonds is 3. The number of amides is 1. The summed E-state index contributed by atoms with van der Waals surface area (Å²) in [5.74, 6) is -0.346. The minimum Gasteiger partial charge on any atom is -0.369 e. The van der Waals surface area contributed by atoms with E-state index in [2.05, 4.69) is 4.98 Å². The van der Waals surface area contributed by atoms with Crippen LogP contribution in [0.25, 0.3) is 16.2 Å². The van der Waals surface area contributed by atoms with Crippen LogP contribution in [-0.4, -0.2) is 15.3 Å². The van der Waals surface area contributed by atoms with Gasteiger partial charge in [0.2, 0.25) is 5.91 Å². The van der Waals surface area contributed by atoms with Gasteiger partial charge < -0.3 is 5.73 Å². The van der Waals surface area contributed by atoms with Crippen molar-refractivity contribution in [3.05, 3.63) is 46.6 Å².